The lowest BCUT2D eigenvalue weighted by molar-refractivity contribution is -0.136. The Bertz CT molecular complexity index is 205. The van der Waals surface area contributed by atoms with Gasteiger partial charge in [-0.2, -0.15) is 13.2 Å². The molecule has 4 heteroatoms. The topological polar surface area (TPSA) is 12.0 Å². The smallest absolute Gasteiger partial charge is 0.314 e. The number of terminal acetylenes is 1. The highest BCUT2D eigenvalue weighted by atomic mass is 19.4. The second kappa shape index (κ2) is 8.46. The monoisotopic (exact) mass is 235 g/mol. The molecule has 94 valence electrons. The molecule has 0 saturated heterocycles. The molecule has 0 fully saturated rings. The van der Waals surface area contributed by atoms with Crippen LogP contribution in [0.25, 0.3) is 0 Å². The first kappa shape index (κ1) is 15.3. The Morgan fingerprint density at radius 3 is 2.50 bits per heavy atom. The third-order valence-corrected chi connectivity index (χ3v) is 2.33. The van der Waals surface area contributed by atoms with Gasteiger partial charge in [-0.15, -0.1) is 12.3 Å². The minimum Gasteiger partial charge on any atom is -0.314 e. The summed E-state index contributed by atoms with van der Waals surface area (Å²) < 4.78 is 36.2. The molecule has 0 aliphatic heterocycles. The Kier molecular flexibility index (Phi) is 8.10. The summed E-state index contributed by atoms with van der Waals surface area (Å²) in [6, 6.07) is -0.0603. The average molecular weight is 235 g/mol. The highest BCUT2D eigenvalue weighted by Crippen LogP contribution is 2.23. The van der Waals surface area contributed by atoms with Gasteiger partial charge in [0.2, 0.25) is 0 Å². The minimum atomic E-state index is -4.06. The van der Waals surface area contributed by atoms with E-state index in [4.69, 9.17) is 6.42 Å². The lowest BCUT2D eigenvalue weighted by Crippen LogP contribution is -2.31. The maximum absolute atomic E-state index is 12.1. The van der Waals surface area contributed by atoms with Crippen LogP contribution in [0.3, 0.4) is 0 Å². The van der Waals surface area contributed by atoms with E-state index in [1.165, 1.54) is 0 Å². The highest BCUT2D eigenvalue weighted by molar-refractivity contribution is 4.84. The summed E-state index contributed by atoms with van der Waals surface area (Å²) in [5, 5.41) is 3.13. The van der Waals surface area contributed by atoms with E-state index >= 15 is 0 Å². The van der Waals surface area contributed by atoms with Gasteiger partial charge in [0.15, 0.2) is 0 Å². The van der Waals surface area contributed by atoms with E-state index in [0.717, 1.165) is 25.8 Å². The van der Waals surface area contributed by atoms with Crippen LogP contribution < -0.4 is 5.32 Å². The number of unbranched alkanes of at least 4 members (excludes halogenated alkanes) is 1. The van der Waals surface area contributed by atoms with Crippen LogP contribution in [0.2, 0.25) is 0 Å². The summed E-state index contributed by atoms with van der Waals surface area (Å²) in [5.41, 5.74) is 0. The molecule has 0 rings (SSSR count). The number of rotatable bonds is 8. The van der Waals surface area contributed by atoms with Crippen molar-refractivity contribution in [3.05, 3.63) is 0 Å². The normalized spacial score (nSPS) is 13.4. The van der Waals surface area contributed by atoms with Crippen molar-refractivity contribution in [1.29, 1.82) is 0 Å². The molecule has 0 amide bonds. The van der Waals surface area contributed by atoms with E-state index in [2.05, 4.69) is 11.2 Å². The molecule has 1 nitrogen and oxygen atoms in total. The number of hydrogen-bond acceptors (Lipinski definition) is 1. The molecule has 16 heavy (non-hydrogen) atoms. The standard InChI is InChI=1S/C12H20F3N/c1-3-5-6-7-11(16-10-4-2)8-9-12(13,14)15/h1,11,16H,4-10H2,2H3. The minimum absolute atomic E-state index is 0.0603. The predicted molar refractivity (Wildman–Crippen MR) is 60.1 cm³/mol. The van der Waals surface area contributed by atoms with Gasteiger partial charge in [0.1, 0.15) is 0 Å². The molecule has 0 radical (unpaired) electrons. The lowest BCUT2D eigenvalue weighted by atomic mass is 10.0. The maximum Gasteiger partial charge on any atom is 0.389 e. The fourth-order valence-corrected chi connectivity index (χ4v) is 1.49. The summed E-state index contributed by atoms with van der Waals surface area (Å²) in [6.07, 6.45) is 3.55. The van der Waals surface area contributed by atoms with Crippen molar-refractivity contribution in [3.8, 4) is 12.3 Å². The molecule has 0 spiro atoms. The average Bonchev–Trinajstić information content (AvgIpc) is 2.20. The van der Waals surface area contributed by atoms with Crippen molar-refractivity contribution >= 4 is 0 Å². The van der Waals surface area contributed by atoms with E-state index in [0.29, 0.717) is 6.42 Å². The molecule has 1 unspecified atom stereocenters. The van der Waals surface area contributed by atoms with Gasteiger partial charge >= 0.3 is 6.18 Å². The molecule has 0 heterocycles. The van der Waals surface area contributed by atoms with Gasteiger partial charge in [-0.05, 0) is 32.2 Å². The quantitative estimate of drug-likeness (QED) is 0.501. The first-order valence-corrected chi connectivity index (χ1v) is 5.73. The van der Waals surface area contributed by atoms with Crippen molar-refractivity contribution in [3.63, 3.8) is 0 Å². The molecule has 1 N–H and O–H groups in total. The number of halogens is 3. The number of nitrogens with one attached hydrogen (secondary N) is 1. The SMILES string of the molecule is C#CCCCC(CCC(F)(F)F)NCCC. The van der Waals surface area contributed by atoms with Crippen molar-refractivity contribution in [1.82, 2.24) is 5.32 Å². The molecule has 0 aromatic heterocycles. The summed E-state index contributed by atoms with van der Waals surface area (Å²) in [5.74, 6) is 2.50. The molecule has 0 aliphatic carbocycles. The van der Waals surface area contributed by atoms with E-state index < -0.39 is 12.6 Å². The lowest BCUT2D eigenvalue weighted by Gasteiger charge is -2.18. The Labute approximate surface area is 95.8 Å². The zero-order valence-electron chi connectivity index (χ0n) is 9.74. The molecular weight excluding hydrogens is 215 g/mol. The zero-order valence-corrected chi connectivity index (χ0v) is 9.74. The Hall–Kier alpha value is -0.690. The maximum atomic E-state index is 12.1. The molecule has 0 bridgehead atoms. The zero-order chi connectivity index (χ0) is 12.4. The van der Waals surface area contributed by atoms with Gasteiger partial charge in [-0.3, -0.25) is 0 Å². The van der Waals surface area contributed by atoms with Crippen LogP contribution in [-0.2, 0) is 0 Å². The Balaban J connectivity index is 3.85. The highest BCUT2D eigenvalue weighted by Gasteiger charge is 2.27. The second-order valence-electron chi connectivity index (χ2n) is 3.90. The van der Waals surface area contributed by atoms with Crippen LogP contribution in [0.15, 0.2) is 0 Å². The molecule has 0 aliphatic rings. The van der Waals surface area contributed by atoms with Crippen LogP contribution in [0.1, 0.15) is 45.4 Å². The van der Waals surface area contributed by atoms with Crippen molar-refractivity contribution in [2.75, 3.05) is 6.54 Å². The van der Waals surface area contributed by atoms with Gasteiger partial charge < -0.3 is 5.32 Å². The van der Waals surface area contributed by atoms with Gasteiger partial charge in [0.05, 0.1) is 0 Å². The van der Waals surface area contributed by atoms with Crippen molar-refractivity contribution in [2.45, 2.75) is 57.7 Å². The second-order valence-corrected chi connectivity index (χ2v) is 3.90. The number of hydrogen-bond donors (Lipinski definition) is 1. The third-order valence-electron chi connectivity index (χ3n) is 2.33. The largest absolute Gasteiger partial charge is 0.389 e. The van der Waals surface area contributed by atoms with E-state index in [1.54, 1.807) is 0 Å². The van der Waals surface area contributed by atoms with E-state index in [9.17, 15) is 13.2 Å². The van der Waals surface area contributed by atoms with Gasteiger partial charge in [0.25, 0.3) is 0 Å². The van der Waals surface area contributed by atoms with Crippen LogP contribution in [0.5, 0.6) is 0 Å². The first-order chi connectivity index (χ1) is 7.49. The van der Waals surface area contributed by atoms with Gasteiger partial charge in [-0.25, -0.2) is 0 Å². The van der Waals surface area contributed by atoms with E-state index in [1.807, 2.05) is 6.92 Å². The van der Waals surface area contributed by atoms with Gasteiger partial charge in [-0.1, -0.05) is 6.92 Å². The predicted octanol–water partition coefficient (Wildman–Crippen LogP) is 3.50. The summed E-state index contributed by atoms with van der Waals surface area (Å²) in [6.45, 7) is 2.76. The van der Waals surface area contributed by atoms with Crippen LogP contribution in [0.4, 0.5) is 13.2 Å². The molecule has 0 saturated carbocycles. The fraction of sp³-hybridized carbons (Fsp3) is 0.833. The fourth-order valence-electron chi connectivity index (χ4n) is 1.49. The van der Waals surface area contributed by atoms with Gasteiger partial charge in [0, 0.05) is 18.9 Å². The van der Waals surface area contributed by atoms with Crippen LogP contribution >= 0.6 is 0 Å². The summed E-state index contributed by atoms with van der Waals surface area (Å²) >= 11 is 0. The van der Waals surface area contributed by atoms with Crippen molar-refractivity contribution in [2.24, 2.45) is 0 Å². The summed E-state index contributed by atoms with van der Waals surface area (Å²) in [7, 11) is 0. The Morgan fingerprint density at radius 2 is 2.00 bits per heavy atom. The molecule has 1 atom stereocenters. The molecular formula is C12H20F3N. The number of alkyl halides is 3. The Morgan fingerprint density at radius 1 is 1.31 bits per heavy atom. The molecule has 0 aromatic carbocycles. The van der Waals surface area contributed by atoms with E-state index in [-0.39, 0.29) is 12.5 Å². The first-order valence-electron chi connectivity index (χ1n) is 5.73. The van der Waals surface area contributed by atoms with Crippen LogP contribution in [0, 0.1) is 12.3 Å². The molecule has 0 aromatic rings. The third kappa shape index (κ3) is 9.85. The van der Waals surface area contributed by atoms with Crippen LogP contribution in [-0.4, -0.2) is 18.8 Å². The summed E-state index contributed by atoms with van der Waals surface area (Å²) in [4.78, 5) is 0. The van der Waals surface area contributed by atoms with Crippen molar-refractivity contribution < 1.29 is 13.2 Å².